The molecule has 0 unspecified atom stereocenters. The number of azide groups is 1. The van der Waals surface area contributed by atoms with Crippen molar-refractivity contribution in [2.45, 2.75) is 20.4 Å². The molecule has 3 heterocycles. The molecule has 3 aromatic heterocycles. The highest BCUT2D eigenvalue weighted by Gasteiger charge is 2.14. The van der Waals surface area contributed by atoms with Gasteiger partial charge in [-0.1, -0.05) is 5.11 Å². The lowest BCUT2D eigenvalue weighted by Crippen LogP contribution is -2.20. The zero-order chi connectivity index (χ0) is 15.0. The standard InChI is InChI=1S/C13H12N6OS/c1-7-5-8(2)17-12-9(7)10-11(21-12)13(20)19(6-15-10)4-3-16-18-14/h5-6H,3-4H2,1-2H3. The minimum atomic E-state index is -0.117. The molecule has 0 atom stereocenters. The SMILES string of the molecule is Cc1cc(C)c2c(n1)sc1c(=O)n(CCN=[N+]=[N-])cnc12. The van der Waals surface area contributed by atoms with Crippen molar-refractivity contribution in [2.24, 2.45) is 5.11 Å². The van der Waals surface area contributed by atoms with Crippen molar-refractivity contribution in [3.05, 3.63) is 44.4 Å². The number of fused-ring (bicyclic) bond motifs is 3. The number of hydrogen-bond acceptors (Lipinski definition) is 5. The van der Waals surface area contributed by atoms with Crippen molar-refractivity contribution in [1.29, 1.82) is 0 Å². The molecular weight excluding hydrogens is 288 g/mol. The van der Waals surface area contributed by atoms with Crippen LogP contribution >= 0.6 is 11.3 Å². The quantitative estimate of drug-likeness (QED) is 0.422. The lowest BCUT2D eigenvalue weighted by Gasteiger charge is -2.02. The predicted octanol–water partition coefficient (Wildman–Crippen LogP) is 2.93. The average molecular weight is 300 g/mol. The normalized spacial score (nSPS) is 11.0. The molecule has 0 saturated carbocycles. The van der Waals surface area contributed by atoms with Crippen LogP contribution in [0.4, 0.5) is 0 Å². The Labute approximate surface area is 123 Å². The first-order valence-electron chi connectivity index (χ1n) is 6.38. The first-order chi connectivity index (χ1) is 10.1. The molecule has 0 bridgehead atoms. The van der Waals surface area contributed by atoms with Crippen LogP contribution in [-0.2, 0) is 6.54 Å². The van der Waals surface area contributed by atoms with Crippen molar-refractivity contribution < 1.29 is 0 Å². The van der Waals surface area contributed by atoms with E-state index in [2.05, 4.69) is 20.0 Å². The van der Waals surface area contributed by atoms with Gasteiger partial charge in [0.25, 0.3) is 5.56 Å². The maximum atomic E-state index is 12.5. The first-order valence-corrected chi connectivity index (χ1v) is 7.20. The van der Waals surface area contributed by atoms with Crippen LogP contribution in [0.25, 0.3) is 30.9 Å². The second kappa shape index (κ2) is 5.16. The zero-order valence-electron chi connectivity index (χ0n) is 11.6. The van der Waals surface area contributed by atoms with Crippen molar-refractivity contribution in [1.82, 2.24) is 14.5 Å². The summed E-state index contributed by atoms with van der Waals surface area (Å²) in [7, 11) is 0. The molecule has 3 rings (SSSR count). The van der Waals surface area contributed by atoms with Gasteiger partial charge < -0.3 is 0 Å². The number of aromatic nitrogens is 3. The van der Waals surface area contributed by atoms with Gasteiger partial charge in [0.1, 0.15) is 9.53 Å². The summed E-state index contributed by atoms with van der Waals surface area (Å²) in [5.74, 6) is 0. The lowest BCUT2D eigenvalue weighted by molar-refractivity contribution is 0.673. The number of thiophene rings is 1. The molecule has 0 N–H and O–H groups in total. The summed E-state index contributed by atoms with van der Waals surface area (Å²) in [6, 6.07) is 1.99. The summed E-state index contributed by atoms with van der Waals surface area (Å²) < 4.78 is 2.06. The summed E-state index contributed by atoms with van der Waals surface area (Å²) in [6.45, 7) is 4.48. The van der Waals surface area contributed by atoms with Crippen LogP contribution < -0.4 is 5.56 Å². The van der Waals surface area contributed by atoms with Crippen LogP contribution in [0.5, 0.6) is 0 Å². The van der Waals surface area contributed by atoms with Crippen LogP contribution in [0.1, 0.15) is 11.3 Å². The van der Waals surface area contributed by atoms with E-state index in [0.717, 1.165) is 21.5 Å². The van der Waals surface area contributed by atoms with Gasteiger partial charge in [-0.2, -0.15) is 0 Å². The summed E-state index contributed by atoms with van der Waals surface area (Å²) in [5, 5.41) is 4.39. The van der Waals surface area contributed by atoms with E-state index in [0.29, 0.717) is 16.8 Å². The maximum Gasteiger partial charge on any atom is 0.271 e. The molecule has 8 heteroatoms. The molecule has 0 amide bonds. The van der Waals surface area contributed by atoms with Crippen molar-refractivity contribution in [3.63, 3.8) is 0 Å². The van der Waals surface area contributed by atoms with Crippen LogP contribution in [0, 0.1) is 13.8 Å². The smallest absolute Gasteiger partial charge is 0.271 e. The Hall–Kier alpha value is -2.44. The Balaban J connectivity index is 2.25. The molecule has 0 fully saturated rings. The molecule has 7 nitrogen and oxygen atoms in total. The van der Waals surface area contributed by atoms with Gasteiger partial charge in [-0.15, -0.1) is 11.3 Å². The Bertz CT molecular complexity index is 951. The number of pyridine rings is 1. The molecule has 21 heavy (non-hydrogen) atoms. The van der Waals surface area contributed by atoms with Crippen molar-refractivity contribution in [2.75, 3.05) is 6.54 Å². The molecule has 106 valence electrons. The first kappa shape index (κ1) is 13.5. The van der Waals surface area contributed by atoms with Gasteiger partial charge in [-0.25, -0.2) is 9.97 Å². The molecule has 0 radical (unpaired) electrons. The van der Waals surface area contributed by atoms with Gasteiger partial charge in [-0.3, -0.25) is 9.36 Å². The summed E-state index contributed by atoms with van der Waals surface area (Å²) in [5.41, 5.74) is 10.9. The molecule has 0 saturated heterocycles. The van der Waals surface area contributed by atoms with Crippen molar-refractivity contribution in [3.8, 4) is 0 Å². The van der Waals surface area contributed by atoms with Gasteiger partial charge in [0, 0.05) is 29.1 Å². The molecule has 0 aliphatic rings. The van der Waals surface area contributed by atoms with E-state index in [1.165, 1.54) is 22.2 Å². The second-order valence-corrected chi connectivity index (χ2v) is 5.74. The summed E-state index contributed by atoms with van der Waals surface area (Å²) in [4.78, 5) is 24.9. The number of aryl methyl sites for hydroxylation is 2. The Morgan fingerprint density at radius 2 is 2.29 bits per heavy atom. The van der Waals surface area contributed by atoms with E-state index >= 15 is 0 Å². The third kappa shape index (κ3) is 2.24. The Morgan fingerprint density at radius 3 is 3.05 bits per heavy atom. The number of nitrogens with zero attached hydrogens (tertiary/aromatic N) is 6. The van der Waals surface area contributed by atoms with Gasteiger partial charge in [-0.05, 0) is 31.0 Å². The van der Waals surface area contributed by atoms with Gasteiger partial charge in [0.05, 0.1) is 11.8 Å². The number of rotatable bonds is 3. The lowest BCUT2D eigenvalue weighted by atomic mass is 10.1. The molecule has 0 aliphatic carbocycles. The van der Waals surface area contributed by atoms with E-state index in [-0.39, 0.29) is 12.1 Å². The van der Waals surface area contributed by atoms with Crippen LogP contribution in [0.3, 0.4) is 0 Å². The van der Waals surface area contributed by atoms with E-state index in [4.69, 9.17) is 5.53 Å². The van der Waals surface area contributed by atoms with E-state index in [9.17, 15) is 4.79 Å². The van der Waals surface area contributed by atoms with E-state index in [1.807, 2.05) is 19.9 Å². The van der Waals surface area contributed by atoms with E-state index < -0.39 is 0 Å². The fraction of sp³-hybridized carbons (Fsp3) is 0.308. The largest absolute Gasteiger partial charge is 0.298 e. The fourth-order valence-corrected chi connectivity index (χ4v) is 3.56. The number of hydrogen-bond donors (Lipinski definition) is 0. The molecule has 0 aromatic carbocycles. The predicted molar refractivity (Wildman–Crippen MR) is 82.7 cm³/mol. The highest BCUT2D eigenvalue weighted by Crippen LogP contribution is 2.31. The van der Waals surface area contributed by atoms with E-state index in [1.54, 1.807) is 0 Å². The highest BCUT2D eigenvalue weighted by atomic mass is 32.1. The third-order valence-electron chi connectivity index (χ3n) is 3.25. The van der Waals surface area contributed by atoms with Gasteiger partial charge >= 0.3 is 0 Å². The van der Waals surface area contributed by atoms with Gasteiger partial charge in [0.15, 0.2) is 0 Å². The summed E-state index contributed by atoms with van der Waals surface area (Å²) in [6.07, 6.45) is 1.50. The molecule has 0 spiro atoms. The third-order valence-corrected chi connectivity index (χ3v) is 4.31. The second-order valence-electron chi connectivity index (χ2n) is 4.74. The van der Waals surface area contributed by atoms with Crippen molar-refractivity contribution >= 4 is 31.8 Å². The minimum absolute atomic E-state index is 0.117. The zero-order valence-corrected chi connectivity index (χ0v) is 12.4. The average Bonchev–Trinajstić information content (AvgIpc) is 2.81. The minimum Gasteiger partial charge on any atom is -0.298 e. The fourth-order valence-electron chi connectivity index (χ4n) is 2.36. The van der Waals surface area contributed by atoms with Crippen LogP contribution in [0.15, 0.2) is 22.3 Å². The monoisotopic (exact) mass is 300 g/mol. The Kier molecular flexibility index (Phi) is 3.32. The van der Waals surface area contributed by atoms with Crippen LogP contribution in [0.2, 0.25) is 0 Å². The van der Waals surface area contributed by atoms with Crippen LogP contribution in [-0.4, -0.2) is 21.1 Å². The Morgan fingerprint density at radius 1 is 1.48 bits per heavy atom. The summed E-state index contributed by atoms with van der Waals surface area (Å²) >= 11 is 1.36. The van der Waals surface area contributed by atoms with Gasteiger partial charge in [0.2, 0.25) is 0 Å². The molecule has 3 aromatic rings. The highest BCUT2D eigenvalue weighted by molar-refractivity contribution is 7.25. The maximum absolute atomic E-state index is 12.5. The topological polar surface area (TPSA) is 96.5 Å². The molecule has 0 aliphatic heterocycles. The molecular formula is C13H12N6OS.